The molecule has 214 valence electrons. The van der Waals surface area contributed by atoms with Crippen LogP contribution in [0, 0.1) is 5.82 Å². The quantitative estimate of drug-likeness (QED) is 0.151. The van der Waals surface area contributed by atoms with Crippen LogP contribution in [0.2, 0.25) is 0 Å². The third-order valence-corrected chi connectivity index (χ3v) is 6.56. The van der Waals surface area contributed by atoms with Crippen molar-refractivity contribution in [1.29, 1.82) is 0 Å². The van der Waals surface area contributed by atoms with E-state index in [-0.39, 0.29) is 18.1 Å². The van der Waals surface area contributed by atoms with Crippen molar-refractivity contribution in [2.75, 3.05) is 46.6 Å². The van der Waals surface area contributed by atoms with Gasteiger partial charge in [0, 0.05) is 43.5 Å². The molecule has 1 aliphatic rings. The van der Waals surface area contributed by atoms with Gasteiger partial charge in [0.1, 0.15) is 5.75 Å². The van der Waals surface area contributed by atoms with Gasteiger partial charge in [0.25, 0.3) is 0 Å². The number of morpholine rings is 1. The number of ether oxygens (including phenoxy) is 4. The minimum atomic E-state index is -0.595. The highest BCUT2D eigenvalue weighted by Gasteiger charge is 2.15. The van der Waals surface area contributed by atoms with Gasteiger partial charge in [0.15, 0.2) is 23.1 Å². The third-order valence-electron chi connectivity index (χ3n) is 6.56. The molecule has 1 aliphatic heterocycles. The predicted octanol–water partition coefficient (Wildman–Crippen LogP) is 4.30. The number of rotatable bonds is 12. The molecule has 0 atom stereocenters. The molecule has 41 heavy (non-hydrogen) atoms. The number of fused-ring (bicyclic) bond motifs is 1. The summed E-state index contributed by atoms with van der Waals surface area (Å²) in [6.07, 6.45) is 5.67. The Labute approximate surface area is 237 Å². The van der Waals surface area contributed by atoms with Gasteiger partial charge in [-0.1, -0.05) is 6.07 Å². The number of aromatic nitrogens is 2. The van der Waals surface area contributed by atoms with E-state index < -0.39 is 5.82 Å². The third kappa shape index (κ3) is 7.59. The second kappa shape index (κ2) is 13.7. The smallest absolute Gasteiger partial charge is 0.244 e. The van der Waals surface area contributed by atoms with Crippen LogP contribution in [0.25, 0.3) is 10.9 Å². The summed E-state index contributed by atoms with van der Waals surface area (Å²) in [6, 6.07) is 13.3. The molecule has 3 heterocycles. The van der Waals surface area contributed by atoms with Gasteiger partial charge in [-0.25, -0.2) is 9.82 Å². The van der Waals surface area contributed by atoms with Crippen LogP contribution in [-0.2, 0) is 16.0 Å². The first-order valence-electron chi connectivity index (χ1n) is 13.4. The Balaban J connectivity index is 1.22. The molecule has 0 radical (unpaired) electrons. The number of hydrazone groups is 1. The van der Waals surface area contributed by atoms with Gasteiger partial charge in [0.2, 0.25) is 5.91 Å². The van der Waals surface area contributed by atoms with E-state index in [1.807, 2.05) is 12.1 Å². The highest BCUT2D eigenvalue weighted by molar-refractivity contribution is 5.88. The molecule has 2 aromatic heterocycles. The topological polar surface area (TPSA) is 110 Å². The van der Waals surface area contributed by atoms with Crippen LogP contribution in [-0.4, -0.2) is 73.6 Å². The fourth-order valence-corrected chi connectivity index (χ4v) is 4.46. The van der Waals surface area contributed by atoms with E-state index in [1.165, 1.54) is 18.3 Å². The fourth-order valence-electron chi connectivity index (χ4n) is 4.46. The van der Waals surface area contributed by atoms with Crippen LogP contribution in [0.15, 0.2) is 66.0 Å². The van der Waals surface area contributed by atoms with Gasteiger partial charge in [-0.2, -0.15) is 5.10 Å². The molecular weight excluding hydrogens is 529 g/mol. The summed E-state index contributed by atoms with van der Waals surface area (Å²) in [7, 11) is 1.57. The Morgan fingerprint density at radius 1 is 1.15 bits per heavy atom. The van der Waals surface area contributed by atoms with Crippen molar-refractivity contribution in [2.45, 2.75) is 12.8 Å². The number of benzene rings is 2. The van der Waals surface area contributed by atoms with E-state index in [4.69, 9.17) is 18.9 Å². The molecule has 2 N–H and O–H groups in total. The molecule has 0 aliphatic carbocycles. The zero-order valence-electron chi connectivity index (χ0n) is 22.8. The van der Waals surface area contributed by atoms with Crippen molar-refractivity contribution in [3.8, 4) is 23.0 Å². The summed E-state index contributed by atoms with van der Waals surface area (Å²) in [5, 5.41) is 4.54. The number of hydrogen-bond donors (Lipinski definition) is 2. The first-order chi connectivity index (χ1) is 20.1. The Kier molecular flexibility index (Phi) is 9.40. The van der Waals surface area contributed by atoms with Crippen LogP contribution in [0.4, 0.5) is 4.39 Å². The largest absolute Gasteiger partial charge is 0.493 e. The Hall–Kier alpha value is -4.48. The van der Waals surface area contributed by atoms with Gasteiger partial charge in [0.05, 0.1) is 50.8 Å². The number of hydrogen-bond acceptors (Lipinski definition) is 8. The highest BCUT2D eigenvalue weighted by Crippen LogP contribution is 2.37. The van der Waals surface area contributed by atoms with Crippen molar-refractivity contribution in [3.63, 3.8) is 0 Å². The monoisotopic (exact) mass is 561 g/mol. The zero-order chi connectivity index (χ0) is 28.4. The van der Waals surface area contributed by atoms with E-state index >= 15 is 0 Å². The van der Waals surface area contributed by atoms with E-state index in [0.717, 1.165) is 45.0 Å². The number of H-pyrrole nitrogens is 1. The molecule has 0 saturated carbocycles. The molecule has 1 amide bonds. The molecule has 1 fully saturated rings. The van der Waals surface area contributed by atoms with Crippen LogP contribution in [0.1, 0.15) is 17.7 Å². The van der Waals surface area contributed by atoms with E-state index in [2.05, 4.69) is 25.4 Å². The predicted molar refractivity (Wildman–Crippen MR) is 152 cm³/mol. The number of nitrogens with zero attached hydrogens (tertiary/aromatic N) is 3. The highest BCUT2D eigenvalue weighted by atomic mass is 19.1. The SMILES string of the molecule is COc1cc2c(Oc3ccc(CC(=O)N/N=C/c4ccc[nH]4)cc3F)ccnc2cc1OCCCN1CCOCC1. The van der Waals surface area contributed by atoms with E-state index in [1.54, 1.807) is 43.8 Å². The molecule has 10 nitrogen and oxygen atoms in total. The molecule has 4 aromatic rings. The fraction of sp³-hybridized carbons (Fsp3) is 0.300. The standard InChI is InChI=1S/C30H32FN5O5/c1-38-28-18-23-25(19-29(28)40-13-3-10-36-11-14-39-15-12-36)33-9-7-26(23)41-27-6-5-21(16-24(27)31)17-30(37)35-34-20-22-4-2-8-32-22/h2,4-9,16,18-20,32H,3,10-15,17H2,1H3,(H,35,37)/b34-20+. The lowest BCUT2D eigenvalue weighted by molar-refractivity contribution is -0.120. The average Bonchev–Trinajstić information content (AvgIpc) is 3.50. The Bertz CT molecular complexity index is 1490. The summed E-state index contributed by atoms with van der Waals surface area (Å²) in [6.45, 7) is 4.89. The van der Waals surface area contributed by atoms with E-state index in [9.17, 15) is 9.18 Å². The number of halogens is 1. The van der Waals surface area contributed by atoms with Gasteiger partial charge in [-0.15, -0.1) is 0 Å². The summed E-state index contributed by atoms with van der Waals surface area (Å²) < 4.78 is 37.9. The van der Waals surface area contributed by atoms with Gasteiger partial charge in [-0.05, 0) is 48.4 Å². The summed E-state index contributed by atoms with van der Waals surface area (Å²) in [5.41, 5.74) is 4.29. The first kappa shape index (κ1) is 28.1. The van der Waals surface area contributed by atoms with Gasteiger partial charge < -0.3 is 23.9 Å². The second-order valence-electron chi connectivity index (χ2n) is 9.45. The lowest BCUT2D eigenvalue weighted by atomic mass is 10.1. The number of pyridine rings is 1. The number of carbonyl (C=O) groups is 1. The van der Waals surface area contributed by atoms with Crippen molar-refractivity contribution in [1.82, 2.24) is 20.3 Å². The maximum Gasteiger partial charge on any atom is 0.244 e. The van der Waals surface area contributed by atoms with Crippen molar-refractivity contribution < 1.29 is 28.1 Å². The molecule has 0 spiro atoms. The second-order valence-corrected chi connectivity index (χ2v) is 9.45. The number of carbonyl (C=O) groups excluding carboxylic acids is 1. The normalized spacial score (nSPS) is 13.9. The van der Waals surface area contributed by atoms with Crippen molar-refractivity contribution >= 4 is 23.0 Å². The molecular formula is C30H32FN5O5. The van der Waals surface area contributed by atoms with Crippen molar-refractivity contribution in [3.05, 3.63) is 78.0 Å². The number of amides is 1. The molecule has 0 bridgehead atoms. The zero-order valence-corrected chi connectivity index (χ0v) is 22.8. The number of aromatic amines is 1. The molecule has 5 rings (SSSR count). The van der Waals surface area contributed by atoms with Crippen LogP contribution in [0.5, 0.6) is 23.0 Å². The lowest BCUT2D eigenvalue weighted by Crippen LogP contribution is -2.37. The maximum atomic E-state index is 15.0. The summed E-state index contributed by atoms with van der Waals surface area (Å²) in [5.74, 6) is 0.582. The molecule has 2 aromatic carbocycles. The maximum absolute atomic E-state index is 15.0. The minimum Gasteiger partial charge on any atom is -0.493 e. The van der Waals surface area contributed by atoms with Crippen molar-refractivity contribution in [2.24, 2.45) is 5.10 Å². The lowest BCUT2D eigenvalue weighted by Gasteiger charge is -2.26. The summed E-state index contributed by atoms with van der Waals surface area (Å²) in [4.78, 5) is 21.9. The molecule has 0 unspecified atom stereocenters. The van der Waals surface area contributed by atoms with Crippen LogP contribution in [0.3, 0.4) is 0 Å². The number of methoxy groups -OCH3 is 1. The van der Waals surface area contributed by atoms with Gasteiger partial charge >= 0.3 is 0 Å². The van der Waals surface area contributed by atoms with Gasteiger partial charge in [-0.3, -0.25) is 14.7 Å². The Morgan fingerprint density at radius 2 is 2.02 bits per heavy atom. The van der Waals surface area contributed by atoms with Crippen LogP contribution < -0.4 is 19.6 Å². The molecule has 11 heteroatoms. The Morgan fingerprint density at radius 3 is 2.80 bits per heavy atom. The molecule has 1 saturated heterocycles. The van der Waals surface area contributed by atoms with Crippen LogP contribution >= 0.6 is 0 Å². The van der Waals surface area contributed by atoms with E-state index in [0.29, 0.717) is 40.3 Å². The average molecular weight is 562 g/mol. The summed E-state index contributed by atoms with van der Waals surface area (Å²) >= 11 is 0. The first-order valence-corrected chi connectivity index (χ1v) is 13.4. The number of nitrogens with one attached hydrogen (secondary N) is 2. The minimum absolute atomic E-state index is 0.0221.